The molecule has 0 radical (unpaired) electrons. The van der Waals surface area contributed by atoms with Gasteiger partial charge in [-0.05, 0) is 18.6 Å². The Bertz CT molecular complexity index is 338. The first-order valence-corrected chi connectivity index (χ1v) is 13.6. The molecule has 5 nitrogen and oxygen atoms in total. The highest BCUT2D eigenvalue weighted by atomic mass is 32.2. The number of hydrogen-bond acceptors (Lipinski definition) is 4. The van der Waals surface area contributed by atoms with Crippen LogP contribution in [-0.2, 0) is 13.8 Å². The Morgan fingerprint density at radius 3 is 1.70 bits per heavy atom. The van der Waals surface area contributed by atoms with Crippen molar-refractivity contribution in [1.82, 2.24) is 0 Å². The van der Waals surface area contributed by atoms with Crippen molar-refractivity contribution in [3.05, 3.63) is 0 Å². The summed E-state index contributed by atoms with van der Waals surface area (Å²) >= 11 is 1.73. The smallest absolute Gasteiger partial charge is 0.381 e. The zero-order valence-electron chi connectivity index (χ0n) is 17.4. The third-order valence-corrected chi connectivity index (χ3v) is 6.01. The second-order valence-electron chi connectivity index (χ2n) is 7.14. The van der Waals surface area contributed by atoms with Gasteiger partial charge in [-0.1, -0.05) is 84.0 Å². The fraction of sp³-hybridized carbons (Fsp3) is 1.00. The van der Waals surface area contributed by atoms with E-state index in [9.17, 15) is 4.57 Å². The molecule has 0 rings (SSSR count). The van der Waals surface area contributed by atoms with E-state index in [1.165, 1.54) is 77.0 Å². The first kappa shape index (κ1) is 27.4. The predicted octanol–water partition coefficient (Wildman–Crippen LogP) is 6.33. The second kappa shape index (κ2) is 21.1. The van der Waals surface area contributed by atoms with Gasteiger partial charge in [0.15, 0.2) is 0 Å². The minimum absolute atomic E-state index is 0.108. The molecule has 0 bridgehead atoms. The maximum absolute atomic E-state index is 10.5. The Labute approximate surface area is 171 Å². The van der Waals surface area contributed by atoms with Crippen LogP contribution >= 0.6 is 19.6 Å². The average molecular weight is 427 g/mol. The van der Waals surface area contributed by atoms with Crippen molar-refractivity contribution in [2.24, 2.45) is 0 Å². The average Bonchev–Trinajstić information content (AvgIpc) is 2.62. The van der Waals surface area contributed by atoms with Crippen LogP contribution in [-0.4, -0.2) is 41.1 Å². The Hall–Kier alpha value is 0.420. The number of ether oxygens (including phenoxy) is 1. The largest absolute Gasteiger partial charge is 0.469 e. The van der Waals surface area contributed by atoms with Gasteiger partial charge >= 0.3 is 7.82 Å². The molecule has 0 atom stereocenters. The van der Waals surface area contributed by atoms with Crippen molar-refractivity contribution in [1.29, 1.82) is 0 Å². The molecule has 2 N–H and O–H groups in total. The summed E-state index contributed by atoms with van der Waals surface area (Å²) < 4.78 is 20.5. The zero-order valence-corrected chi connectivity index (χ0v) is 19.1. The van der Waals surface area contributed by atoms with E-state index in [0.29, 0.717) is 6.42 Å². The number of phosphoric acid groups is 1. The summed E-state index contributed by atoms with van der Waals surface area (Å²) in [7, 11) is -4.29. The fourth-order valence-electron chi connectivity index (χ4n) is 2.89. The molecule has 27 heavy (non-hydrogen) atoms. The van der Waals surface area contributed by atoms with E-state index in [4.69, 9.17) is 14.5 Å². The van der Waals surface area contributed by atoms with Crippen LogP contribution in [0.3, 0.4) is 0 Å². The van der Waals surface area contributed by atoms with Crippen LogP contribution in [0.1, 0.15) is 96.8 Å². The van der Waals surface area contributed by atoms with Gasteiger partial charge in [0.2, 0.25) is 0 Å². The third-order valence-electron chi connectivity index (χ3n) is 4.46. The molecule has 0 heterocycles. The molecule has 0 spiro atoms. The van der Waals surface area contributed by atoms with Gasteiger partial charge in [-0.15, -0.1) is 0 Å². The summed E-state index contributed by atoms with van der Waals surface area (Å²) in [6, 6.07) is 0. The SMILES string of the molecule is CCCCCCCCCCCCCCCOCCSCCCOP(=O)(O)O. The highest BCUT2D eigenvalue weighted by Crippen LogP contribution is 2.35. The van der Waals surface area contributed by atoms with Gasteiger partial charge in [0, 0.05) is 12.4 Å². The van der Waals surface area contributed by atoms with E-state index in [1.54, 1.807) is 11.8 Å². The van der Waals surface area contributed by atoms with E-state index >= 15 is 0 Å². The monoisotopic (exact) mass is 426 g/mol. The molecule has 0 aliphatic heterocycles. The van der Waals surface area contributed by atoms with Crippen LogP contribution in [0.5, 0.6) is 0 Å². The van der Waals surface area contributed by atoms with Gasteiger partial charge in [-0.3, -0.25) is 4.52 Å². The number of hydrogen-bond donors (Lipinski definition) is 2. The summed E-state index contributed by atoms with van der Waals surface area (Å²) in [5.74, 6) is 1.76. The number of rotatable bonds is 22. The van der Waals surface area contributed by atoms with Gasteiger partial charge < -0.3 is 14.5 Å². The van der Waals surface area contributed by atoms with Gasteiger partial charge in [0.05, 0.1) is 13.2 Å². The summed E-state index contributed by atoms with van der Waals surface area (Å²) in [6.07, 6.45) is 18.4. The lowest BCUT2D eigenvalue weighted by atomic mass is 10.0. The Morgan fingerprint density at radius 1 is 0.667 bits per heavy atom. The van der Waals surface area contributed by atoms with Gasteiger partial charge in [0.1, 0.15) is 0 Å². The normalized spacial score (nSPS) is 12.0. The van der Waals surface area contributed by atoms with Crippen molar-refractivity contribution in [2.45, 2.75) is 96.8 Å². The summed E-state index contributed by atoms with van der Waals surface area (Å²) in [6.45, 7) is 3.98. The Morgan fingerprint density at radius 2 is 1.19 bits per heavy atom. The van der Waals surface area contributed by atoms with Crippen LogP contribution in [0.15, 0.2) is 0 Å². The van der Waals surface area contributed by atoms with Crippen molar-refractivity contribution in [3.8, 4) is 0 Å². The Kier molecular flexibility index (Phi) is 21.5. The molecular formula is C20H43O5PS. The first-order chi connectivity index (χ1) is 13.1. The van der Waals surface area contributed by atoms with E-state index in [1.807, 2.05) is 0 Å². The van der Waals surface area contributed by atoms with E-state index in [0.717, 1.165) is 31.1 Å². The molecule has 0 unspecified atom stereocenters. The molecule has 0 aliphatic rings. The summed E-state index contributed by atoms with van der Waals surface area (Å²) in [5, 5.41) is 0. The van der Waals surface area contributed by atoms with E-state index in [2.05, 4.69) is 11.4 Å². The van der Waals surface area contributed by atoms with Crippen molar-refractivity contribution >= 4 is 19.6 Å². The maximum Gasteiger partial charge on any atom is 0.469 e. The molecule has 0 aliphatic carbocycles. The number of thioether (sulfide) groups is 1. The van der Waals surface area contributed by atoms with Crippen LogP contribution in [0, 0.1) is 0 Å². The van der Waals surface area contributed by atoms with E-state index < -0.39 is 7.82 Å². The molecule has 0 saturated carbocycles. The maximum atomic E-state index is 10.5. The highest BCUT2D eigenvalue weighted by Gasteiger charge is 2.12. The minimum atomic E-state index is -4.29. The van der Waals surface area contributed by atoms with Crippen molar-refractivity contribution in [3.63, 3.8) is 0 Å². The lowest BCUT2D eigenvalue weighted by molar-refractivity contribution is 0.145. The molecule has 7 heteroatoms. The first-order valence-electron chi connectivity index (χ1n) is 10.9. The molecular weight excluding hydrogens is 383 g/mol. The standard InChI is InChI=1S/C20H43O5PS/c1-2-3-4-5-6-7-8-9-10-11-12-13-14-16-24-18-20-27-19-15-17-25-26(21,22)23/h2-20H2,1H3,(H2,21,22,23). The third kappa shape index (κ3) is 26.4. The molecule has 164 valence electrons. The molecule has 0 aromatic heterocycles. The van der Waals surface area contributed by atoms with Crippen LogP contribution in [0.25, 0.3) is 0 Å². The molecule has 0 aromatic carbocycles. The van der Waals surface area contributed by atoms with Crippen LogP contribution in [0.4, 0.5) is 0 Å². The minimum Gasteiger partial charge on any atom is -0.381 e. The summed E-state index contributed by atoms with van der Waals surface area (Å²) in [5.41, 5.74) is 0. The quantitative estimate of drug-likeness (QED) is 0.156. The van der Waals surface area contributed by atoms with E-state index in [-0.39, 0.29) is 6.61 Å². The fourth-order valence-corrected chi connectivity index (χ4v) is 4.02. The topological polar surface area (TPSA) is 76.0 Å². The lowest BCUT2D eigenvalue weighted by Crippen LogP contribution is -2.01. The summed E-state index contributed by atoms with van der Waals surface area (Å²) in [4.78, 5) is 17.1. The molecule has 0 aromatic rings. The Balaban J connectivity index is 3.02. The lowest BCUT2D eigenvalue weighted by Gasteiger charge is -2.06. The van der Waals surface area contributed by atoms with Crippen molar-refractivity contribution < 1.29 is 23.6 Å². The molecule has 0 fully saturated rings. The number of unbranched alkanes of at least 4 members (excludes halogenated alkanes) is 12. The van der Waals surface area contributed by atoms with Crippen LogP contribution in [0.2, 0.25) is 0 Å². The molecule has 0 saturated heterocycles. The van der Waals surface area contributed by atoms with Gasteiger partial charge in [-0.2, -0.15) is 11.8 Å². The number of phosphoric ester groups is 1. The highest BCUT2D eigenvalue weighted by molar-refractivity contribution is 7.99. The van der Waals surface area contributed by atoms with Gasteiger partial charge in [-0.25, -0.2) is 4.57 Å². The second-order valence-corrected chi connectivity index (χ2v) is 9.61. The zero-order chi connectivity index (χ0) is 20.1. The predicted molar refractivity (Wildman–Crippen MR) is 116 cm³/mol. The van der Waals surface area contributed by atoms with Crippen molar-refractivity contribution in [2.75, 3.05) is 31.3 Å². The van der Waals surface area contributed by atoms with Gasteiger partial charge in [0.25, 0.3) is 0 Å². The molecule has 0 amide bonds. The van der Waals surface area contributed by atoms with Crippen LogP contribution < -0.4 is 0 Å².